The van der Waals surface area contributed by atoms with E-state index in [1.165, 1.54) is 0 Å². The fourth-order valence-electron chi connectivity index (χ4n) is 2.17. The van der Waals surface area contributed by atoms with E-state index in [0.717, 1.165) is 11.1 Å². The molecule has 0 bridgehead atoms. The molecule has 0 atom stereocenters. The molecule has 0 radical (unpaired) electrons. The molecule has 1 aliphatic heterocycles. The monoisotopic (exact) mass is 270 g/mol. The highest BCUT2D eigenvalue weighted by Gasteiger charge is 2.27. The van der Waals surface area contributed by atoms with Crippen LogP contribution in [-0.2, 0) is 4.79 Å². The van der Waals surface area contributed by atoms with Crippen molar-refractivity contribution >= 4 is 34.5 Å². The van der Waals surface area contributed by atoms with Gasteiger partial charge in [0.1, 0.15) is 0 Å². The van der Waals surface area contributed by atoms with Crippen LogP contribution in [0.4, 0.5) is 5.69 Å². The number of carbonyl (C=O) groups excluding carboxylic acids is 1. The van der Waals surface area contributed by atoms with E-state index >= 15 is 0 Å². The van der Waals surface area contributed by atoms with Crippen LogP contribution in [0.1, 0.15) is 11.1 Å². The number of hydrogen-bond acceptors (Lipinski definition) is 2. The summed E-state index contributed by atoms with van der Waals surface area (Å²) in [5.41, 5.74) is 9.42. The van der Waals surface area contributed by atoms with Crippen molar-refractivity contribution in [2.75, 3.05) is 5.32 Å². The molecule has 0 fully saturated rings. The fourth-order valence-corrected chi connectivity index (χ4v) is 2.35. The first-order valence-corrected chi connectivity index (χ1v) is 6.21. The lowest BCUT2D eigenvalue weighted by Gasteiger charge is -2.05. The average molecular weight is 271 g/mol. The normalized spacial score (nSPS) is 15.9. The van der Waals surface area contributed by atoms with Gasteiger partial charge in [0.25, 0.3) is 5.91 Å². The van der Waals surface area contributed by atoms with Crippen LogP contribution in [0.25, 0.3) is 11.3 Å². The van der Waals surface area contributed by atoms with E-state index in [4.69, 9.17) is 17.3 Å². The molecule has 19 heavy (non-hydrogen) atoms. The van der Waals surface area contributed by atoms with E-state index in [9.17, 15) is 4.79 Å². The highest BCUT2D eigenvalue weighted by Crippen LogP contribution is 2.36. The molecular formula is C15H11ClN2O. The summed E-state index contributed by atoms with van der Waals surface area (Å²) < 4.78 is 0. The molecule has 0 aromatic heterocycles. The van der Waals surface area contributed by atoms with E-state index in [0.29, 0.717) is 22.0 Å². The Morgan fingerprint density at radius 3 is 2.58 bits per heavy atom. The minimum Gasteiger partial charge on any atom is -0.398 e. The maximum atomic E-state index is 12.1. The Kier molecular flexibility index (Phi) is 2.76. The molecule has 3 rings (SSSR count). The number of amides is 1. The maximum Gasteiger partial charge on any atom is 0.258 e. The first kappa shape index (κ1) is 11.8. The summed E-state index contributed by atoms with van der Waals surface area (Å²) in [5.74, 6) is -0.196. The zero-order chi connectivity index (χ0) is 13.4. The second-order valence-electron chi connectivity index (χ2n) is 4.30. The molecule has 94 valence electrons. The van der Waals surface area contributed by atoms with Gasteiger partial charge in [-0.05, 0) is 17.7 Å². The predicted octanol–water partition coefficient (Wildman–Crippen LogP) is 3.12. The third kappa shape index (κ3) is 1.98. The average Bonchev–Trinajstić information content (AvgIpc) is 2.74. The molecule has 3 nitrogen and oxygen atoms in total. The Hall–Kier alpha value is -2.26. The van der Waals surface area contributed by atoms with Crippen molar-refractivity contribution in [2.45, 2.75) is 0 Å². The van der Waals surface area contributed by atoms with Crippen molar-refractivity contribution in [1.29, 1.82) is 0 Å². The molecule has 0 saturated carbocycles. The summed E-state index contributed by atoms with van der Waals surface area (Å²) >= 11 is 5.92. The van der Waals surface area contributed by atoms with E-state index in [1.807, 2.05) is 30.3 Å². The molecule has 1 aliphatic rings. The van der Waals surface area contributed by atoms with Crippen LogP contribution in [0.5, 0.6) is 0 Å². The van der Waals surface area contributed by atoms with Crippen LogP contribution in [0.3, 0.4) is 0 Å². The first-order chi connectivity index (χ1) is 9.16. The van der Waals surface area contributed by atoms with Crippen molar-refractivity contribution in [1.82, 2.24) is 0 Å². The lowest BCUT2D eigenvalue weighted by Crippen LogP contribution is -2.09. The number of fused-ring (bicyclic) bond motifs is 1. The number of anilines is 1. The SMILES string of the molecule is N/C(=C1\C(=O)Nc2cc(Cl)ccc21)c1ccccc1. The zero-order valence-electron chi connectivity index (χ0n) is 9.98. The lowest BCUT2D eigenvalue weighted by molar-refractivity contribution is -0.110. The predicted molar refractivity (Wildman–Crippen MR) is 77.5 cm³/mol. The van der Waals surface area contributed by atoms with Gasteiger partial charge in [0.2, 0.25) is 0 Å². The van der Waals surface area contributed by atoms with Crippen LogP contribution in [-0.4, -0.2) is 5.91 Å². The maximum absolute atomic E-state index is 12.1. The van der Waals surface area contributed by atoms with Gasteiger partial charge in [0.05, 0.1) is 17.0 Å². The topological polar surface area (TPSA) is 55.1 Å². The van der Waals surface area contributed by atoms with Crippen molar-refractivity contribution < 1.29 is 4.79 Å². The molecule has 0 saturated heterocycles. The Balaban J connectivity index is 2.19. The molecule has 4 heteroatoms. The van der Waals surface area contributed by atoms with Gasteiger partial charge in [-0.3, -0.25) is 4.79 Å². The van der Waals surface area contributed by atoms with E-state index < -0.39 is 0 Å². The van der Waals surface area contributed by atoms with Gasteiger partial charge in [0, 0.05) is 10.6 Å². The van der Waals surface area contributed by atoms with E-state index in [1.54, 1.807) is 18.2 Å². The second-order valence-corrected chi connectivity index (χ2v) is 4.74. The minimum absolute atomic E-state index is 0.196. The third-order valence-corrected chi connectivity index (χ3v) is 3.32. The van der Waals surface area contributed by atoms with Crippen molar-refractivity contribution in [3.8, 4) is 0 Å². The largest absolute Gasteiger partial charge is 0.398 e. The number of nitrogens with one attached hydrogen (secondary N) is 1. The Bertz CT molecular complexity index is 693. The van der Waals surface area contributed by atoms with Crippen LogP contribution < -0.4 is 11.1 Å². The van der Waals surface area contributed by atoms with Gasteiger partial charge >= 0.3 is 0 Å². The Morgan fingerprint density at radius 1 is 1.11 bits per heavy atom. The number of rotatable bonds is 1. The quantitative estimate of drug-likeness (QED) is 0.782. The van der Waals surface area contributed by atoms with Crippen LogP contribution in [0.2, 0.25) is 5.02 Å². The number of hydrogen-bond donors (Lipinski definition) is 2. The van der Waals surface area contributed by atoms with Crippen molar-refractivity contribution in [3.05, 3.63) is 64.7 Å². The standard InChI is InChI=1S/C15H11ClN2O/c16-10-6-7-11-12(8-10)18-15(19)13(11)14(17)9-4-2-1-3-5-9/h1-8H,17H2,(H,18,19)/b14-13-. The molecule has 2 aromatic rings. The number of halogens is 1. The molecule has 0 spiro atoms. The summed E-state index contributed by atoms with van der Waals surface area (Å²) in [7, 11) is 0. The van der Waals surface area contributed by atoms with Gasteiger partial charge in [-0.25, -0.2) is 0 Å². The summed E-state index contributed by atoms with van der Waals surface area (Å²) in [5, 5.41) is 3.36. The van der Waals surface area contributed by atoms with E-state index in [-0.39, 0.29) is 5.91 Å². The van der Waals surface area contributed by atoms with Crippen LogP contribution in [0.15, 0.2) is 48.5 Å². The molecule has 3 N–H and O–H groups in total. The van der Waals surface area contributed by atoms with Gasteiger partial charge in [-0.2, -0.15) is 0 Å². The molecular weight excluding hydrogens is 260 g/mol. The lowest BCUT2D eigenvalue weighted by atomic mass is 10.0. The molecule has 0 aliphatic carbocycles. The molecule has 0 unspecified atom stereocenters. The number of benzene rings is 2. The number of carbonyl (C=O) groups is 1. The Labute approximate surface area is 115 Å². The summed E-state index contributed by atoms with van der Waals surface area (Å²) in [6.45, 7) is 0. The van der Waals surface area contributed by atoms with E-state index in [2.05, 4.69) is 5.32 Å². The van der Waals surface area contributed by atoms with Gasteiger partial charge < -0.3 is 11.1 Å². The van der Waals surface area contributed by atoms with Gasteiger partial charge in [-0.1, -0.05) is 48.0 Å². The highest BCUT2D eigenvalue weighted by atomic mass is 35.5. The van der Waals surface area contributed by atoms with Gasteiger partial charge in [0.15, 0.2) is 0 Å². The summed E-state index contributed by atoms with van der Waals surface area (Å²) in [4.78, 5) is 12.1. The van der Waals surface area contributed by atoms with Crippen molar-refractivity contribution in [3.63, 3.8) is 0 Å². The van der Waals surface area contributed by atoms with Crippen LogP contribution >= 0.6 is 11.6 Å². The first-order valence-electron chi connectivity index (χ1n) is 5.83. The second kappa shape index (κ2) is 4.44. The molecule has 2 aromatic carbocycles. The third-order valence-electron chi connectivity index (χ3n) is 3.08. The summed E-state index contributed by atoms with van der Waals surface area (Å²) in [6.07, 6.45) is 0. The smallest absolute Gasteiger partial charge is 0.258 e. The van der Waals surface area contributed by atoms with Crippen molar-refractivity contribution in [2.24, 2.45) is 5.73 Å². The molecule has 1 amide bonds. The minimum atomic E-state index is -0.196. The van der Waals surface area contributed by atoms with Gasteiger partial charge in [-0.15, -0.1) is 0 Å². The molecule has 1 heterocycles. The fraction of sp³-hybridized carbons (Fsp3) is 0. The Morgan fingerprint density at radius 2 is 1.84 bits per heavy atom. The van der Waals surface area contributed by atoms with Crippen LogP contribution in [0, 0.1) is 0 Å². The zero-order valence-corrected chi connectivity index (χ0v) is 10.7. The highest BCUT2D eigenvalue weighted by molar-refractivity contribution is 6.37. The number of nitrogens with two attached hydrogens (primary N) is 1. The summed E-state index contributed by atoms with van der Waals surface area (Å²) in [6, 6.07) is 14.7.